The molecule has 10 nitrogen and oxygen atoms in total. The van der Waals surface area contributed by atoms with Crippen molar-refractivity contribution in [1.29, 1.82) is 0 Å². The molecule has 0 aliphatic heterocycles. The van der Waals surface area contributed by atoms with E-state index in [-0.39, 0.29) is 33.1 Å². The van der Waals surface area contributed by atoms with E-state index in [0.29, 0.717) is 57.1 Å². The van der Waals surface area contributed by atoms with Crippen molar-refractivity contribution in [1.82, 2.24) is 20.8 Å². The third-order valence-corrected chi connectivity index (χ3v) is 5.94. The molecular weight excluding hydrogens is 516 g/mol. The van der Waals surface area contributed by atoms with Crippen molar-refractivity contribution in [3.05, 3.63) is 29.8 Å². The Morgan fingerprint density at radius 1 is 0.973 bits per heavy atom. The van der Waals surface area contributed by atoms with E-state index in [4.69, 9.17) is 13.9 Å². The standard InChI is InChI=1S/C25H38N4O6S2/c1-24(2,3)17-25(4,36)16-20(30)26-10-12-33-14-15-34-13-11-27-21(31)18-6-8-19(9-7-18)22-28-29-23(35-22)37(5)32/h6-9,36H,10-17H2,1-5H3,(H,26,30)(H,27,31). The zero-order valence-electron chi connectivity index (χ0n) is 22.2. The molecule has 1 aromatic heterocycles. The minimum Gasteiger partial charge on any atom is -0.410 e. The lowest BCUT2D eigenvalue weighted by molar-refractivity contribution is -0.121. The third kappa shape index (κ3) is 12.2. The van der Waals surface area contributed by atoms with E-state index < -0.39 is 10.8 Å². The number of hydrogen-bond acceptors (Lipinski definition) is 9. The molecule has 0 spiro atoms. The van der Waals surface area contributed by atoms with E-state index in [9.17, 15) is 13.8 Å². The molecule has 12 heteroatoms. The van der Waals surface area contributed by atoms with E-state index in [2.05, 4.69) is 54.2 Å². The summed E-state index contributed by atoms with van der Waals surface area (Å²) in [7, 11) is -1.35. The number of carbonyl (C=O) groups excluding carboxylic acids is 2. The van der Waals surface area contributed by atoms with E-state index >= 15 is 0 Å². The first-order valence-electron chi connectivity index (χ1n) is 12.1. The Morgan fingerprint density at radius 2 is 1.57 bits per heavy atom. The van der Waals surface area contributed by atoms with Gasteiger partial charge in [0.2, 0.25) is 11.8 Å². The largest absolute Gasteiger partial charge is 0.410 e. The van der Waals surface area contributed by atoms with Gasteiger partial charge >= 0.3 is 5.22 Å². The highest BCUT2D eigenvalue weighted by atomic mass is 32.2. The zero-order valence-corrected chi connectivity index (χ0v) is 23.9. The fraction of sp³-hybridized carbons (Fsp3) is 0.600. The molecular formula is C25H38N4O6S2. The summed E-state index contributed by atoms with van der Waals surface area (Å²) in [5, 5.41) is 13.3. The van der Waals surface area contributed by atoms with Crippen molar-refractivity contribution in [2.45, 2.75) is 50.5 Å². The lowest BCUT2D eigenvalue weighted by Gasteiger charge is -2.31. The molecule has 0 saturated heterocycles. The Hall–Kier alpha value is -2.28. The molecule has 1 heterocycles. The Kier molecular flexibility index (Phi) is 12.2. The average Bonchev–Trinajstić information content (AvgIpc) is 3.29. The van der Waals surface area contributed by atoms with Crippen LogP contribution in [0.25, 0.3) is 11.5 Å². The van der Waals surface area contributed by atoms with Gasteiger partial charge in [-0.15, -0.1) is 5.10 Å². The molecule has 2 unspecified atom stereocenters. The lowest BCUT2D eigenvalue weighted by Crippen LogP contribution is -2.35. The van der Waals surface area contributed by atoms with Gasteiger partial charge in [-0.05, 0) is 36.1 Å². The SMILES string of the molecule is CS(=O)c1nnc(-c2ccc(C(=O)NCCOCCOCCNC(=O)CC(C)(S)CC(C)(C)C)cc2)o1. The van der Waals surface area contributed by atoms with Crippen molar-refractivity contribution < 1.29 is 27.7 Å². The van der Waals surface area contributed by atoms with Gasteiger partial charge < -0.3 is 24.5 Å². The molecule has 0 saturated carbocycles. The quantitative estimate of drug-likeness (QED) is 0.226. The summed E-state index contributed by atoms with van der Waals surface area (Å²) in [4.78, 5) is 24.4. The van der Waals surface area contributed by atoms with E-state index in [0.717, 1.165) is 6.42 Å². The Labute approximate surface area is 226 Å². The number of nitrogens with one attached hydrogen (secondary N) is 2. The second kappa shape index (κ2) is 14.6. The normalized spacial score (nSPS) is 14.1. The fourth-order valence-corrected chi connectivity index (χ4v) is 4.71. The molecule has 0 aliphatic rings. The summed E-state index contributed by atoms with van der Waals surface area (Å²) < 4.78 is 27.3. The maximum Gasteiger partial charge on any atom is 0.307 e. The van der Waals surface area contributed by atoms with E-state index in [1.807, 2.05) is 6.92 Å². The first-order valence-corrected chi connectivity index (χ1v) is 14.1. The number of benzene rings is 1. The highest BCUT2D eigenvalue weighted by Crippen LogP contribution is 2.33. The van der Waals surface area contributed by atoms with E-state index in [1.165, 1.54) is 6.26 Å². The zero-order chi connectivity index (χ0) is 27.5. The highest BCUT2D eigenvalue weighted by Gasteiger charge is 2.28. The molecule has 1 aromatic carbocycles. The molecule has 0 fully saturated rings. The van der Waals surface area contributed by atoms with Crippen LogP contribution in [-0.2, 0) is 25.1 Å². The van der Waals surface area contributed by atoms with Crippen molar-refractivity contribution in [2.75, 3.05) is 45.8 Å². The summed E-state index contributed by atoms with van der Waals surface area (Å²) in [5.41, 5.74) is 1.21. The van der Waals surface area contributed by atoms with Crippen LogP contribution in [0, 0.1) is 5.41 Å². The van der Waals surface area contributed by atoms with Crippen LogP contribution in [0.3, 0.4) is 0 Å². The summed E-state index contributed by atoms with van der Waals surface area (Å²) in [6.07, 6.45) is 2.65. The monoisotopic (exact) mass is 554 g/mol. The first kappa shape index (κ1) is 30.9. The first-order chi connectivity index (χ1) is 17.4. The molecule has 2 N–H and O–H groups in total. The maximum absolute atomic E-state index is 12.3. The number of amides is 2. The second-order valence-electron chi connectivity index (χ2n) is 10.1. The summed E-state index contributed by atoms with van der Waals surface area (Å²) in [6, 6.07) is 6.66. The van der Waals surface area contributed by atoms with Crippen molar-refractivity contribution in [3.8, 4) is 11.5 Å². The van der Waals surface area contributed by atoms with Crippen molar-refractivity contribution >= 4 is 35.2 Å². The highest BCUT2D eigenvalue weighted by molar-refractivity contribution is 7.84. The van der Waals surface area contributed by atoms with Crippen LogP contribution in [0.5, 0.6) is 0 Å². The average molecular weight is 555 g/mol. The van der Waals surface area contributed by atoms with Crippen LogP contribution in [-0.4, -0.2) is 76.7 Å². The van der Waals surface area contributed by atoms with Gasteiger partial charge in [0.15, 0.2) is 0 Å². The molecule has 2 rings (SSSR count). The summed E-state index contributed by atoms with van der Waals surface area (Å²) >= 11 is 4.64. The van der Waals surface area contributed by atoms with Gasteiger partial charge in [-0.25, -0.2) is 4.21 Å². The van der Waals surface area contributed by atoms with Gasteiger partial charge in [0, 0.05) is 41.6 Å². The van der Waals surface area contributed by atoms with Gasteiger partial charge in [0.25, 0.3) is 5.91 Å². The van der Waals surface area contributed by atoms with Crippen molar-refractivity contribution in [2.24, 2.45) is 5.41 Å². The van der Waals surface area contributed by atoms with Crippen LogP contribution in [0.4, 0.5) is 0 Å². The fourth-order valence-electron chi connectivity index (χ4n) is 3.74. The van der Waals surface area contributed by atoms with Gasteiger partial charge in [-0.1, -0.05) is 32.8 Å². The van der Waals surface area contributed by atoms with Crippen LogP contribution in [0.2, 0.25) is 0 Å². The molecule has 2 amide bonds. The van der Waals surface area contributed by atoms with Gasteiger partial charge in [-0.3, -0.25) is 9.59 Å². The minimum atomic E-state index is -1.35. The lowest BCUT2D eigenvalue weighted by atomic mass is 9.83. The Balaban J connectivity index is 1.53. The summed E-state index contributed by atoms with van der Waals surface area (Å²) in [6.45, 7) is 10.7. The number of ether oxygens (including phenoxy) is 2. The van der Waals surface area contributed by atoms with Crippen LogP contribution < -0.4 is 10.6 Å². The topological polar surface area (TPSA) is 133 Å². The molecule has 37 heavy (non-hydrogen) atoms. The molecule has 0 aliphatic carbocycles. The molecule has 206 valence electrons. The van der Waals surface area contributed by atoms with Gasteiger partial charge in [0.1, 0.15) is 10.8 Å². The van der Waals surface area contributed by atoms with Crippen molar-refractivity contribution in [3.63, 3.8) is 0 Å². The molecule has 0 bridgehead atoms. The van der Waals surface area contributed by atoms with Gasteiger partial charge in [0.05, 0.1) is 26.4 Å². The summed E-state index contributed by atoms with van der Waals surface area (Å²) in [5.74, 6) is -0.0281. The van der Waals surface area contributed by atoms with E-state index in [1.54, 1.807) is 24.3 Å². The number of hydrogen-bond donors (Lipinski definition) is 3. The maximum atomic E-state index is 12.3. The Bertz CT molecular complexity index is 1030. The number of nitrogens with zero attached hydrogens (tertiary/aromatic N) is 2. The predicted octanol–water partition coefficient (Wildman–Crippen LogP) is 2.87. The third-order valence-electron chi connectivity index (χ3n) is 4.97. The number of aromatic nitrogens is 2. The van der Waals surface area contributed by atoms with Crippen LogP contribution in [0.1, 0.15) is 50.9 Å². The molecule has 0 radical (unpaired) electrons. The number of thiol groups is 1. The van der Waals surface area contributed by atoms with Gasteiger partial charge in [-0.2, -0.15) is 12.6 Å². The van der Waals surface area contributed by atoms with Crippen LogP contribution >= 0.6 is 12.6 Å². The Morgan fingerprint density at radius 3 is 2.11 bits per heavy atom. The second-order valence-corrected chi connectivity index (χ2v) is 12.5. The number of carbonyl (C=O) groups is 2. The molecule has 2 atom stereocenters. The molecule has 2 aromatic rings. The van der Waals surface area contributed by atoms with Crippen LogP contribution in [0.15, 0.2) is 33.9 Å². The minimum absolute atomic E-state index is 0.0371. The number of rotatable bonds is 15. The smallest absolute Gasteiger partial charge is 0.307 e. The predicted molar refractivity (Wildman–Crippen MR) is 145 cm³/mol.